The fourth-order valence-corrected chi connectivity index (χ4v) is 2.62. The van der Waals surface area contributed by atoms with Crippen molar-refractivity contribution < 1.29 is 8.78 Å². The van der Waals surface area contributed by atoms with Crippen LogP contribution in [-0.2, 0) is 0 Å². The summed E-state index contributed by atoms with van der Waals surface area (Å²) in [6.07, 6.45) is 2.72. The number of hydrogen-bond acceptors (Lipinski definition) is 1. The molecule has 1 saturated carbocycles. The van der Waals surface area contributed by atoms with E-state index in [1.165, 1.54) is 18.2 Å². The summed E-state index contributed by atoms with van der Waals surface area (Å²) < 4.78 is 27.1. The van der Waals surface area contributed by atoms with Gasteiger partial charge in [0, 0.05) is 11.6 Å². The van der Waals surface area contributed by atoms with Gasteiger partial charge in [0.15, 0.2) is 0 Å². The van der Waals surface area contributed by atoms with Crippen LogP contribution in [0.4, 0.5) is 8.78 Å². The molecule has 3 heteroatoms. The minimum atomic E-state index is -0.401. The lowest BCUT2D eigenvalue weighted by molar-refractivity contribution is 0.505. The Morgan fingerprint density at radius 3 is 2.56 bits per heavy atom. The lowest BCUT2D eigenvalue weighted by atomic mass is 9.96. The average Bonchev–Trinajstić information content (AvgIpc) is 2.67. The molecule has 0 saturated heterocycles. The van der Waals surface area contributed by atoms with E-state index in [0.29, 0.717) is 6.04 Å². The van der Waals surface area contributed by atoms with Crippen molar-refractivity contribution in [3.63, 3.8) is 0 Å². The lowest BCUT2D eigenvalue weighted by Gasteiger charge is -2.13. The fourth-order valence-electron chi connectivity index (χ4n) is 2.62. The second-order valence-electron chi connectivity index (χ2n) is 4.40. The van der Waals surface area contributed by atoms with Crippen LogP contribution in [-0.4, -0.2) is 12.6 Å². The van der Waals surface area contributed by atoms with Crippen LogP contribution in [0.3, 0.4) is 0 Å². The summed E-state index contributed by atoms with van der Waals surface area (Å²) in [4.78, 5) is 0. The predicted octanol–water partition coefficient (Wildman–Crippen LogP) is 3.21. The van der Waals surface area contributed by atoms with Gasteiger partial charge in [-0.15, -0.1) is 0 Å². The van der Waals surface area contributed by atoms with Crippen molar-refractivity contribution in [2.24, 2.45) is 0 Å². The molecule has 1 aromatic rings. The van der Waals surface area contributed by atoms with Gasteiger partial charge >= 0.3 is 0 Å². The summed E-state index contributed by atoms with van der Waals surface area (Å²) >= 11 is 0. The molecule has 2 unspecified atom stereocenters. The Morgan fingerprint density at radius 2 is 1.94 bits per heavy atom. The van der Waals surface area contributed by atoms with Crippen molar-refractivity contribution in [3.05, 3.63) is 35.4 Å². The summed E-state index contributed by atoms with van der Waals surface area (Å²) in [7, 11) is 0. The van der Waals surface area contributed by atoms with Gasteiger partial charge in [-0.25, -0.2) is 8.78 Å². The fraction of sp³-hybridized carbons (Fsp3) is 0.538. The monoisotopic (exact) mass is 225 g/mol. The van der Waals surface area contributed by atoms with Gasteiger partial charge in [0.2, 0.25) is 0 Å². The first-order valence-electron chi connectivity index (χ1n) is 5.89. The molecule has 0 aromatic heterocycles. The minimum absolute atomic E-state index is 0.0326. The second kappa shape index (κ2) is 4.91. The maximum atomic E-state index is 13.6. The molecule has 0 aliphatic heterocycles. The highest BCUT2D eigenvalue weighted by Gasteiger charge is 2.29. The SMILES string of the molecule is CCNC1CCC(c2c(F)cccc2F)C1. The zero-order valence-corrected chi connectivity index (χ0v) is 9.47. The van der Waals surface area contributed by atoms with Crippen LogP contribution in [0, 0.1) is 11.6 Å². The van der Waals surface area contributed by atoms with Gasteiger partial charge in [-0.2, -0.15) is 0 Å². The minimum Gasteiger partial charge on any atom is -0.314 e. The predicted molar refractivity (Wildman–Crippen MR) is 60.4 cm³/mol. The van der Waals surface area contributed by atoms with Gasteiger partial charge in [0.1, 0.15) is 11.6 Å². The number of halogens is 2. The van der Waals surface area contributed by atoms with Crippen LogP contribution in [0.5, 0.6) is 0 Å². The Kier molecular flexibility index (Phi) is 3.54. The summed E-state index contributed by atoms with van der Waals surface area (Å²) in [6.45, 7) is 2.97. The number of rotatable bonds is 3. The molecule has 1 fully saturated rings. The largest absolute Gasteiger partial charge is 0.314 e. The normalized spacial score (nSPS) is 24.9. The molecule has 0 amide bonds. The third-order valence-electron chi connectivity index (χ3n) is 3.33. The number of benzene rings is 1. The third-order valence-corrected chi connectivity index (χ3v) is 3.33. The molecule has 1 aromatic carbocycles. The van der Waals surface area contributed by atoms with Crippen LogP contribution >= 0.6 is 0 Å². The van der Waals surface area contributed by atoms with E-state index in [-0.39, 0.29) is 11.5 Å². The molecule has 1 aliphatic carbocycles. The smallest absolute Gasteiger partial charge is 0.129 e. The first kappa shape index (κ1) is 11.5. The van der Waals surface area contributed by atoms with Crippen molar-refractivity contribution in [1.29, 1.82) is 0 Å². The molecule has 0 heterocycles. The highest BCUT2D eigenvalue weighted by atomic mass is 19.1. The average molecular weight is 225 g/mol. The Hall–Kier alpha value is -0.960. The van der Waals surface area contributed by atoms with Gasteiger partial charge in [-0.3, -0.25) is 0 Å². The molecule has 0 radical (unpaired) electrons. The van der Waals surface area contributed by atoms with E-state index in [0.717, 1.165) is 25.8 Å². The third kappa shape index (κ3) is 2.24. The summed E-state index contributed by atoms with van der Waals surface area (Å²) in [5, 5.41) is 3.34. The zero-order valence-electron chi connectivity index (χ0n) is 9.47. The van der Waals surface area contributed by atoms with E-state index < -0.39 is 11.6 Å². The molecule has 0 spiro atoms. The van der Waals surface area contributed by atoms with Crippen LogP contribution in [0.15, 0.2) is 18.2 Å². The Morgan fingerprint density at radius 1 is 1.25 bits per heavy atom. The summed E-state index contributed by atoms with van der Waals surface area (Å²) in [5.74, 6) is -0.769. The number of hydrogen-bond donors (Lipinski definition) is 1. The first-order valence-corrected chi connectivity index (χ1v) is 5.89. The van der Waals surface area contributed by atoms with Crippen molar-refractivity contribution in [1.82, 2.24) is 5.32 Å². The van der Waals surface area contributed by atoms with Crippen molar-refractivity contribution in [2.75, 3.05) is 6.54 Å². The molecule has 16 heavy (non-hydrogen) atoms. The standard InChI is InChI=1S/C13H17F2N/c1-2-16-10-7-6-9(8-10)13-11(14)4-3-5-12(13)15/h3-5,9-10,16H,2,6-8H2,1H3. The maximum absolute atomic E-state index is 13.6. The summed E-state index contributed by atoms with van der Waals surface area (Å²) in [5.41, 5.74) is 0.280. The highest BCUT2D eigenvalue weighted by Crippen LogP contribution is 2.36. The topological polar surface area (TPSA) is 12.0 Å². The van der Waals surface area contributed by atoms with E-state index in [9.17, 15) is 8.78 Å². The van der Waals surface area contributed by atoms with E-state index >= 15 is 0 Å². The zero-order chi connectivity index (χ0) is 11.5. The van der Waals surface area contributed by atoms with Crippen molar-refractivity contribution in [2.45, 2.75) is 38.1 Å². The van der Waals surface area contributed by atoms with Gasteiger partial charge in [0.25, 0.3) is 0 Å². The van der Waals surface area contributed by atoms with Gasteiger partial charge in [0.05, 0.1) is 0 Å². The van der Waals surface area contributed by atoms with Crippen molar-refractivity contribution >= 4 is 0 Å². The maximum Gasteiger partial charge on any atom is 0.129 e. The molecular formula is C13H17F2N. The molecule has 0 bridgehead atoms. The molecule has 2 atom stereocenters. The first-order chi connectivity index (χ1) is 7.72. The lowest BCUT2D eigenvalue weighted by Crippen LogP contribution is -2.25. The Bertz CT molecular complexity index is 345. The van der Waals surface area contributed by atoms with Crippen LogP contribution in [0.2, 0.25) is 0 Å². The number of nitrogens with one attached hydrogen (secondary N) is 1. The Labute approximate surface area is 94.9 Å². The molecule has 1 N–H and O–H groups in total. The summed E-state index contributed by atoms with van der Waals surface area (Å²) in [6, 6.07) is 4.53. The van der Waals surface area contributed by atoms with Crippen LogP contribution < -0.4 is 5.32 Å². The van der Waals surface area contributed by atoms with Crippen molar-refractivity contribution in [3.8, 4) is 0 Å². The van der Waals surface area contributed by atoms with Gasteiger partial charge in [-0.1, -0.05) is 13.0 Å². The Balaban J connectivity index is 2.14. The van der Waals surface area contributed by atoms with E-state index in [1.807, 2.05) is 0 Å². The van der Waals surface area contributed by atoms with Gasteiger partial charge in [-0.05, 0) is 43.9 Å². The highest BCUT2D eigenvalue weighted by molar-refractivity contribution is 5.25. The van der Waals surface area contributed by atoms with E-state index in [2.05, 4.69) is 12.2 Å². The molecule has 1 nitrogen and oxygen atoms in total. The van der Waals surface area contributed by atoms with E-state index in [1.54, 1.807) is 0 Å². The molecule has 2 rings (SSSR count). The van der Waals surface area contributed by atoms with Gasteiger partial charge < -0.3 is 5.32 Å². The van der Waals surface area contributed by atoms with Crippen LogP contribution in [0.1, 0.15) is 37.7 Å². The molecule has 1 aliphatic rings. The second-order valence-corrected chi connectivity index (χ2v) is 4.40. The van der Waals surface area contributed by atoms with Crippen LogP contribution in [0.25, 0.3) is 0 Å². The van der Waals surface area contributed by atoms with E-state index in [4.69, 9.17) is 0 Å². The molecular weight excluding hydrogens is 208 g/mol. The molecule has 88 valence electrons. The quantitative estimate of drug-likeness (QED) is 0.833.